The average Bonchev–Trinajstić information content (AvgIpc) is 2.48. The predicted octanol–water partition coefficient (Wildman–Crippen LogP) is -0.0474. The van der Waals surface area contributed by atoms with Gasteiger partial charge < -0.3 is 9.64 Å². The van der Waals surface area contributed by atoms with Crippen molar-refractivity contribution in [2.24, 2.45) is 0 Å². The molecule has 1 atom stereocenters. The zero-order valence-corrected chi connectivity index (χ0v) is 12.3. The van der Waals surface area contributed by atoms with Crippen LogP contribution in [0.25, 0.3) is 0 Å². The van der Waals surface area contributed by atoms with Gasteiger partial charge in [-0.05, 0) is 20.8 Å². The Hall–Kier alpha value is -1.63. The van der Waals surface area contributed by atoms with Gasteiger partial charge in [0.05, 0.1) is 12.5 Å². The van der Waals surface area contributed by atoms with E-state index in [2.05, 4.69) is 5.32 Å². The first-order chi connectivity index (χ1) is 9.17. The third kappa shape index (κ3) is 3.09. The maximum atomic E-state index is 11.7. The van der Waals surface area contributed by atoms with Crippen molar-refractivity contribution >= 4 is 17.9 Å². The lowest BCUT2D eigenvalue weighted by atomic mass is 10.1. The number of carbonyl (C=O) groups excluding carboxylic acids is 3. The van der Waals surface area contributed by atoms with Gasteiger partial charge in [0.15, 0.2) is 0 Å². The molecule has 2 aliphatic rings. The van der Waals surface area contributed by atoms with Crippen LogP contribution >= 0.6 is 0 Å². The van der Waals surface area contributed by atoms with Crippen LogP contribution in [0.4, 0.5) is 4.79 Å². The molecule has 2 aliphatic heterocycles. The third-order valence-electron chi connectivity index (χ3n) is 3.35. The van der Waals surface area contributed by atoms with Gasteiger partial charge in [-0.15, -0.1) is 0 Å². The van der Waals surface area contributed by atoms with E-state index in [-0.39, 0.29) is 30.4 Å². The van der Waals surface area contributed by atoms with E-state index >= 15 is 0 Å². The van der Waals surface area contributed by atoms with Crippen LogP contribution in [0, 0.1) is 0 Å². The van der Waals surface area contributed by atoms with Crippen molar-refractivity contribution in [1.29, 1.82) is 0 Å². The summed E-state index contributed by atoms with van der Waals surface area (Å²) in [5.74, 6) is -0.374. The average molecular weight is 283 g/mol. The number of rotatable bonds is 2. The van der Waals surface area contributed by atoms with Crippen molar-refractivity contribution in [2.45, 2.75) is 44.9 Å². The Labute approximate surface area is 118 Å². The van der Waals surface area contributed by atoms with Gasteiger partial charge in [-0.25, -0.2) is 4.79 Å². The Morgan fingerprint density at radius 1 is 1.30 bits per heavy atom. The molecule has 0 saturated carbocycles. The van der Waals surface area contributed by atoms with Crippen LogP contribution in [0.5, 0.6) is 0 Å². The number of carbonyl (C=O) groups is 3. The van der Waals surface area contributed by atoms with Gasteiger partial charge in [-0.1, -0.05) is 0 Å². The standard InChI is InChI=1S/C13H21N3O4/c1-13(2,3)20-12(19)16-6-8(7-16)14-9-5-10(17)15(4)11(9)18/h8-9,14H,5-7H2,1-4H3. The molecule has 20 heavy (non-hydrogen) atoms. The van der Waals surface area contributed by atoms with Crippen LogP contribution in [-0.2, 0) is 14.3 Å². The number of nitrogens with zero attached hydrogens (tertiary/aromatic N) is 2. The molecule has 7 heteroatoms. The van der Waals surface area contributed by atoms with Crippen LogP contribution in [0.2, 0.25) is 0 Å². The Kier molecular flexibility index (Phi) is 3.73. The number of hydrogen-bond donors (Lipinski definition) is 1. The molecule has 2 heterocycles. The number of ether oxygens (including phenoxy) is 1. The van der Waals surface area contributed by atoms with Gasteiger partial charge in [-0.3, -0.25) is 19.8 Å². The van der Waals surface area contributed by atoms with Gasteiger partial charge in [0.1, 0.15) is 5.60 Å². The summed E-state index contributed by atoms with van der Waals surface area (Å²) in [6, 6.07) is -0.422. The smallest absolute Gasteiger partial charge is 0.410 e. The van der Waals surface area contributed by atoms with Crippen molar-refractivity contribution in [3.63, 3.8) is 0 Å². The van der Waals surface area contributed by atoms with Crippen LogP contribution in [0.15, 0.2) is 0 Å². The van der Waals surface area contributed by atoms with Crippen LogP contribution < -0.4 is 5.32 Å². The largest absolute Gasteiger partial charge is 0.444 e. The first-order valence-corrected chi connectivity index (χ1v) is 6.72. The highest BCUT2D eigenvalue weighted by molar-refractivity contribution is 6.05. The monoisotopic (exact) mass is 283 g/mol. The van der Waals surface area contributed by atoms with Crippen molar-refractivity contribution in [2.75, 3.05) is 20.1 Å². The highest BCUT2D eigenvalue weighted by atomic mass is 16.6. The Bertz CT molecular complexity index is 437. The number of nitrogens with one attached hydrogen (secondary N) is 1. The van der Waals surface area contributed by atoms with Crippen molar-refractivity contribution in [3.05, 3.63) is 0 Å². The van der Waals surface area contributed by atoms with Crippen LogP contribution in [0.1, 0.15) is 27.2 Å². The fourth-order valence-corrected chi connectivity index (χ4v) is 2.23. The maximum Gasteiger partial charge on any atom is 0.410 e. The number of amides is 3. The molecule has 1 N–H and O–H groups in total. The first kappa shape index (κ1) is 14.8. The number of hydrogen-bond acceptors (Lipinski definition) is 5. The van der Waals surface area contributed by atoms with E-state index in [1.165, 1.54) is 7.05 Å². The number of likely N-dealkylation sites (tertiary alicyclic amines) is 2. The van der Waals surface area contributed by atoms with Crippen molar-refractivity contribution in [1.82, 2.24) is 15.1 Å². The molecule has 2 saturated heterocycles. The summed E-state index contributed by atoms with van der Waals surface area (Å²) in [6.45, 7) is 6.45. The normalized spacial score (nSPS) is 24.1. The number of imide groups is 1. The van der Waals surface area contributed by atoms with Gasteiger partial charge in [0.25, 0.3) is 0 Å². The van der Waals surface area contributed by atoms with Crippen LogP contribution in [0.3, 0.4) is 0 Å². The predicted molar refractivity (Wildman–Crippen MR) is 70.9 cm³/mol. The summed E-state index contributed by atoms with van der Waals surface area (Å²) in [7, 11) is 1.49. The van der Waals surface area contributed by atoms with Gasteiger partial charge in [0, 0.05) is 26.2 Å². The lowest BCUT2D eigenvalue weighted by Gasteiger charge is -2.40. The van der Waals surface area contributed by atoms with Crippen LogP contribution in [-0.4, -0.2) is 65.5 Å². The molecule has 1 unspecified atom stereocenters. The molecular formula is C13H21N3O4. The summed E-state index contributed by atoms with van der Waals surface area (Å²) >= 11 is 0. The lowest BCUT2D eigenvalue weighted by molar-refractivity contribution is -0.137. The van der Waals surface area contributed by atoms with Gasteiger partial charge >= 0.3 is 6.09 Å². The highest BCUT2D eigenvalue weighted by Gasteiger charge is 2.41. The zero-order valence-electron chi connectivity index (χ0n) is 12.3. The molecule has 0 bridgehead atoms. The topological polar surface area (TPSA) is 79.0 Å². The molecule has 2 rings (SSSR count). The molecule has 2 fully saturated rings. The van der Waals surface area contributed by atoms with Gasteiger partial charge in [-0.2, -0.15) is 0 Å². The zero-order chi connectivity index (χ0) is 15.1. The minimum atomic E-state index is -0.508. The second-order valence-electron chi connectivity index (χ2n) is 6.30. The minimum absolute atomic E-state index is 0.0377. The summed E-state index contributed by atoms with van der Waals surface area (Å²) in [5, 5.41) is 3.11. The molecular weight excluding hydrogens is 262 g/mol. The van der Waals surface area contributed by atoms with Gasteiger partial charge in [0.2, 0.25) is 11.8 Å². The van der Waals surface area contributed by atoms with E-state index in [4.69, 9.17) is 4.74 Å². The molecule has 0 aromatic heterocycles. The van der Waals surface area contributed by atoms with E-state index in [1.807, 2.05) is 20.8 Å². The molecule has 0 spiro atoms. The lowest BCUT2D eigenvalue weighted by Crippen LogP contribution is -2.63. The first-order valence-electron chi connectivity index (χ1n) is 6.72. The second-order valence-corrected chi connectivity index (χ2v) is 6.30. The quantitative estimate of drug-likeness (QED) is 0.719. The minimum Gasteiger partial charge on any atom is -0.444 e. The van der Waals surface area contributed by atoms with E-state index in [0.717, 1.165) is 4.90 Å². The fourth-order valence-electron chi connectivity index (χ4n) is 2.23. The second kappa shape index (κ2) is 5.05. The molecule has 0 aromatic rings. The number of likely N-dealkylation sites (N-methyl/N-ethyl adjacent to an activating group) is 1. The summed E-state index contributed by atoms with van der Waals surface area (Å²) in [5.41, 5.74) is -0.508. The molecule has 0 aromatic carbocycles. The SMILES string of the molecule is CN1C(=O)CC(NC2CN(C(=O)OC(C)(C)C)C2)C1=O. The van der Waals surface area contributed by atoms with Crippen molar-refractivity contribution in [3.8, 4) is 0 Å². The Morgan fingerprint density at radius 3 is 2.35 bits per heavy atom. The third-order valence-corrected chi connectivity index (χ3v) is 3.35. The fraction of sp³-hybridized carbons (Fsp3) is 0.769. The molecule has 7 nitrogen and oxygen atoms in total. The molecule has 0 radical (unpaired) electrons. The molecule has 0 aliphatic carbocycles. The highest BCUT2D eigenvalue weighted by Crippen LogP contribution is 2.18. The Morgan fingerprint density at radius 2 is 1.90 bits per heavy atom. The maximum absolute atomic E-state index is 11.7. The summed E-state index contributed by atoms with van der Waals surface area (Å²) in [6.07, 6.45) is -0.153. The molecule has 112 valence electrons. The van der Waals surface area contributed by atoms with E-state index in [9.17, 15) is 14.4 Å². The summed E-state index contributed by atoms with van der Waals surface area (Å²) < 4.78 is 5.25. The summed E-state index contributed by atoms with van der Waals surface area (Å²) in [4.78, 5) is 37.6. The van der Waals surface area contributed by atoms with E-state index in [0.29, 0.717) is 13.1 Å². The van der Waals surface area contributed by atoms with E-state index in [1.54, 1.807) is 4.90 Å². The van der Waals surface area contributed by atoms with E-state index < -0.39 is 11.6 Å². The Balaban J connectivity index is 1.76. The van der Waals surface area contributed by atoms with Crippen molar-refractivity contribution < 1.29 is 19.1 Å². The molecule has 3 amide bonds.